The van der Waals surface area contributed by atoms with E-state index in [0.717, 1.165) is 24.7 Å². The van der Waals surface area contributed by atoms with Crippen molar-refractivity contribution in [3.8, 4) is 16.9 Å². The molecule has 0 radical (unpaired) electrons. The van der Waals surface area contributed by atoms with Gasteiger partial charge in [-0.05, 0) is 73.2 Å². The van der Waals surface area contributed by atoms with Crippen LogP contribution in [0, 0.1) is 5.92 Å². The van der Waals surface area contributed by atoms with Crippen molar-refractivity contribution < 1.29 is 4.74 Å². The van der Waals surface area contributed by atoms with E-state index >= 15 is 0 Å². The van der Waals surface area contributed by atoms with Crippen molar-refractivity contribution in [1.82, 2.24) is 0 Å². The molecule has 0 amide bonds. The van der Waals surface area contributed by atoms with E-state index in [1.165, 1.54) is 5.56 Å². The zero-order chi connectivity index (χ0) is 14.7. The lowest BCUT2D eigenvalue weighted by Gasteiger charge is -2.14. The minimum atomic E-state index is 0.500. The molecule has 0 aliphatic rings. The fraction of sp³-hybridized carbons (Fsp3) is 0.250. The highest BCUT2D eigenvalue weighted by atomic mass is 79.9. The van der Waals surface area contributed by atoms with E-state index in [1.54, 1.807) is 0 Å². The molecule has 0 saturated carbocycles. The molecule has 0 fully saturated rings. The molecule has 0 spiro atoms. The molecule has 2 aromatic carbocycles. The number of halogens is 3. The third-order valence-electron chi connectivity index (χ3n) is 2.74. The summed E-state index contributed by atoms with van der Waals surface area (Å²) >= 11 is 10.6. The smallest absolute Gasteiger partial charge is 0.147 e. The van der Waals surface area contributed by atoms with Crippen LogP contribution in [-0.2, 0) is 0 Å². The second-order valence-electron chi connectivity index (χ2n) is 4.98. The van der Waals surface area contributed by atoms with Crippen molar-refractivity contribution in [2.45, 2.75) is 13.8 Å². The second kappa shape index (κ2) is 7.10. The molecule has 4 heteroatoms. The fourth-order valence-corrected chi connectivity index (χ4v) is 3.44. The van der Waals surface area contributed by atoms with Gasteiger partial charge >= 0.3 is 0 Å². The molecule has 20 heavy (non-hydrogen) atoms. The molecule has 0 N–H and O–H groups in total. The minimum absolute atomic E-state index is 0.500. The van der Waals surface area contributed by atoms with Crippen LogP contribution in [0.25, 0.3) is 11.1 Å². The Bertz CT molecular complexity index is 568. The molecule has 0 unspecified atom stereocenters. The van der Waals surface area contributed by atoms with Crippen LogP contribution in [0.4, 0.5) is 0 Å². The van der Waals surface area contributed by atoms with Crippen LogP contribution in [0.3, 0.4) is 0 Å². The van der Waals surface area contributed by atoms with Crippen molar-refractivity contribution in [2.24, 2.45) is 5.92 Å². The first-order chi connectivity index (χ1) is 9.47. The molecule has 0 aliphatic carbocycles. The van der Waals surface area contributed by atoms with E-state index in [1.807, 2.05) is 12.1 Å². The van der Waals surface area contributed by atoms with Crippen molar-refractivity contribution in [3.63, 3.8) is 0 Å². The second-order valence-corrected chi connectivity index (χ2v) is 7.61. The summed E-state index contributed by atoms with van der Waals surface area (Å²) in [5.74, 6) is 1.36. The maximum absolute atomic E-state index is 5.84. The number of benzene rings is 2. The molecule has 1 nitrogen and oxygen atoms in total. The van der Waals surface area contributed by atoms with Gasteiger partial charge < -0.3 is 4.74 Å². The van der Waals surface area contributed by atoms with Gasteiger partial charge in [0, 0.05) is 4.47 Å². The standard InChI is InChI=1S/C16H15Br3O/c1-10(2)9-20-16-14(18)7-12(8-15(16)19)11-3-5-13(17)6-4-11/h3-8,10H,9H2,1-2H3. The first-order valence-electron chi connectivity index (χ1n) is 6.35. The monoisotopic (exact) mass is 460 g/mol. The van der Waals surface area contributed by atoms with E-state index in [2.05, 4.69) is 85.9 Å². The normalized spacial score (nSPS) is 10.9. The van der Waals surface area contributed by atoms with Crippen LogP contribution in [0.2, 0.25) is 0 Å². The third kappa shape index (κ3) is 4.09. The lowest BCUT2D eigenvalue weighted by Crippen LogP contribution is -2.05. The Hall–Kier alpha value is -0.320. The predicted molar refractivity (Wildman–Crippen MR) is 95.3 cm³/mol. The molecular weight excluding hydrogens is 448 g/mol. The van der Waals surface area contributed by atoms with Gasteiger partial charge in [-0.2, -0.15) is 0 Å². The Labute approximate surface area is 145 Å². The van der Waals surface area contributed by atoms with Gasteiger partial charge in [-0.25, -0.2) is 0 Å². The summed E-state index contributed by atoms with van der Waals surface area (Å²) in [6.45, 7) is 4.98. The molecule has 2 aromatic rings. The van der Waals surface area contributed by atoms with Crippen LogP contribution in [0.1, 0.15) is 13.8 Å². The van der Waals surface area contributed by atoms with Crippen LogP contribution in [-0.4, -0.2) is 6.61 Å². The first-order valence-corrected chi connectivity index (χ1v) is 8.73. The zero-order valence-corrected chi connectivity index (χ0v) is 16.0. The Morgan fingerprint density at radius 3 is 1.95 bits per heavy atom. The van der Waals surface area contributed by atoms with Gasteiger partial charge in [0.1, 0.15) is 5.75 Å². The van der Waals surface area contributed by atoms with E-state index in [0.29, 0.717) is 12.5 Å². The lowest BCUT2D eigenvalue weighted by atomic mass is 10.1. The SMILES string of the molecule is CC(C)COc1c(Br)cc(-c2ccc(Br)cc2)cc1Br. The highest BCUT2D eigenvalue weighted by molar-refractivity contribution is 9.11. The molecule has 0 atom stereocenters. The molecule has 106 valence electrons. The molecule has 0 saturated heterocycles. The summed E-state index contributed by atoms with van der Waals surface area (Å²) in [4.78, 5) is 0. The molecule has 0 heterocycles. The lowest BCUT2D eigenvalue weighted by molar-refractivity contribution is 0.268. The average molecular weight is 463 g/mol. The van der Waals surface area contributed by atoms with Gasteiger partial charge in [-0.1, -0.05) is 41.9 Å². The largest absolute Gasteiger partial charge is 0.491 e. The topological polar surface area (TPSA) is 9.23 Å². The van der Waals surface area contributed by atoms with Gasteiger partial charge in [-0.15, -0.1) is 0 Å². The highest BCUT2D eigenvalue weighted by Gasteiger charge is 2.11. The molecule has 2 rings (SSSR count). The zero-order valence-electron chi connectivity index (χ0n) is 11.3. The molecular formula is C16H15Br3O. The van der Waals surface area contributed by atoms with E-state index in [-0.39, 0.29) is 0 Å². The summed E-state index contributed by atoms with van der Waals surface area (Å²) in [6, 6.07) is 12.4. The average Bonchev–Trinajstić information content (AvgIpc) is 2.38. The quantitative estimate of drug-likeness (QED) is 0.492. The Balaban J connectivity index is 2.32. The van der Waals surface area contributed by atoms with Crippen LogP contribution in [0.15, 0.2) is 49.8 Å². The number of hydrogen-bond donors (Lipinski definition) is 0. The van der Waals surface area contributed by atoms with E-state index in [9.17, 15) is 0 Å². The van der Waals surface area contributed by atoms with E-state index < -0.39 is 0 Å². The first kappa shape index (κ1) is 16.1. The van der Waals surface area contributed by atoms with E-state index in [4.69, 9.17) is 4.74 Å². The number of rotatable bonds is 4. The van der Waals surface area contributed by atoms with Gasteiger partial charge in [0.2, 0.25) is 0 Å². The summed E-state index contributed by atoms with van der Waals surface area (Å²) in [7, 11) is 0. The number of ether oxygens (including phenoxy) is 1. The Kier molecular flexibility index (Phi) is 5.70. The third-order valence-corrected chi connectivity index (χ3v) is 4.44. The van der Waals surface area contributed by atoms with Crippen molar-refractivity contribution in [2.75, 3.05) is 6.61 Å². The maximum Gasteiger partial charge on any atom is 0.147 e. The summed E-state index contributed by atoms with van der Waals surface area (Å²) in [6.07, 6.45) is 0. The van der Waals surface area contributed by atoms with Crippen LogP contribution >= 0.6 is 47.8 Å². The van der Waals surface area contributed by atoms with Crippen LogP contribution < -0.4 is 4.74 Å². The Morgan fingerprint density at radius 2 is 1.45 bits per heavy atom. The molecule has 0 bridgehead atoms. The Morgan fingerprint density at radius 1 is 0.900 bits per heavy atom. The summed E-state index contributed by atoms with van der Waals surface area (Å²) in [5, 5.41) is 0. The fourth-order valence-electron chi connectivity index (χ4n) is 1.76. The van der Waals surface area contributed by atoms with Crippen molar-refractivity contribution in [3.05, 3.63) is 49.8 Å². The molecule has 0 aliphatic heterocycles. The highest BCUT2D eigenvalue weighted by Crippen LogP contribution is 2.38. The minimum Gasteiger partial charge on any atom is -0.491 e. The van der Waals surface area contributed by atoms with Gasteiger partial charge in [0.15, 0.2) is 0 Å². The number of hydrogen-bond acceptors (Lipinski definition) is 1. The molecule has 0 aromatic heterocycles. The van der Waals surface area contributed by atoms with Gasteiger partial charge in [0.25, 0.3) is 0 Å². The van der Waals surface area contributed by atoms with Gasteiger partial charge in [-0.3, -0.25) is 0 Å². The maximum atomic E-state index is 5.84. The summed E-state index contributed by atoms with van der Waals surface area (Å²) < 4.78 is 8.84. The predicted octanol–water partition coefficient (Wildman–Crippen LogP) is 6.68. The van der Waals surface area contributed by atoms with Gasteiger partial charge in [0.05, 0.1) is 15.6 Å². The van der Waals surface area contributed by atoms with Crippen molar-refractivity contribution >= 4 is 47.8 Å². The van der Waals surface area contributed by atoms with Crippen LogP contribution in [0.5, 0.6) is 5.75 Å². The summed E-state index contributed by atoms with van der Waals surface area (Å²) in [5.41, 5.74) is 2.32. The van der Waals surface area contributed by atoms with Crippen molar-refractivity contribution in [1.29, 1.82) is 0 Å².